The maximum atomic E-state index is 11.7. The minimum absolute atomic E-state index is 0.209. The molecular weight excluding hydrogens is 228 g/mol. The van der Waals surface area contributed by atoms with Crippen molar-refractivity contribution in [2.75, 3.05) is 19.7 Å². The lowest BCUT2D eigenvalue weighted by Gasteiger charge is -2.28. The number of carbonyl (C=O) groups excluding carboxylic acids is 1. The highest BCUT2D eigenvalue weighted by molar-refractivity contribution is 5.89. The number of esters is 1. The summed E-state index contributed by atoms with van der Waals surface area (Å²) in [5.74, 6) is -0.209. The van der Waals surface area contributed by atoms with Gasteiger partial charge >= 0.3 is 5.97 Å². The van der Waals surface area contributed by atoms with Crippen LogP contribution in [-0.2, 0) is 17.8 Å². The Morgan fingerprint density at radius 1 is 1.39 bits per heavy atom. The van der Waals surface area contributed by atoms with E-state index < -0.39 is 0 Å². The standard InChI is InChI=1S/C14H22N2O2/c1-3-5-6-15-7-8-16-10-12(9-13(16)11-15)14(17)18-4-2/h9-10H,3-8,11H2,1-2H3. The summed E-state index contributed by atoms with van der Waals surface area (Å²) in [5.41, 5.74) is 1.91. The van der Waals surface area contributed by atoms with Crippen LogP contribution in [0.25, 0.3) is 0 Å². The first-order valence-electron chi connectivity index (χ1n) is 6.83. The maximum Gasteiger partial charge on any atom is 0.339 e. The number of aromatic nitrogens is 1. The van der Waals surface area contributed by atoms with Crippen LogP contribution in [0.5, 0.6) is 0 Å². The number of ether oxygens (including phenoxy) is 1. The predicted octanol–water partition coefficient (Wildman–Crippen LogP) is 2.28. The second kappa shape index (κ2) is 6.05. The Morgan fingerprint density at radius 3 is 2.94 bits per heavy atom. The lowest BCUT2D eigenvalue weighted by atomic mass is 10.2. The molecule has 2 rings (SSSR count). The molecule has 0 saturated carbocycles. The van der Waals surface area contributed by atoms with Gasteiger partial charge in [0, 0.05) is 31.5 Å². The van der Waals surface area contributed by atoms with Gasteiger partial charge in [0.2, 0.25) is 0 Å². The molecule has 18 heavy (non-hydrogen) atoms. The van der Waals surface area contributed by atoms with E-state index in [-0.39, 0.29) is 5.97 Å². The number of nitrogens with zero attached hydrogens (tertiary/aromatic N) is 2. The lowest BCUT2D eigenvalue weighted by molar-refractivity contribution is 0.0526. The molecule has 0 bridgehead atoms. The molecule has 1 aromatic heterocycles. The Kier molecular flexibility index (Phi) is 4.42. The van der Waals surface area contributed by atoms with E-state index in [2.05, 4.69) is 16.4 Å². The number of carbonyl (C=O) groups is 1. The highest BCUT2D eigenvalue weighted by atomic mass is 16.5. The molecule has 0 fully saturated rings. The Balaban J connectivity index is 2.02. The fourth-order valence-corrected chi connectivity index (χ4v) is 2.35. The molecule has 4 heteroatoms. The summed E-state index contributed by atoms with van der Waals surface area (Å²) >= 11 is 0. The van der Waals surface area contributed by atoms with E-state index in [1.165, 1.54) is 18.5 Å². The van der Waals surface area contributed by atoms with Crippen molar-refractivity contribution in [3.63, 3.8) is 0 Å². The van der Waals surface area contributed by atoms with Crippen molar-refractivity contribution >= 4 is 5.97 Å². The summed E-state index contributed by atoms with van der Waals surface area (Å²) in [6.45, 7) is 8.62. The van der Waals surface area contributed by atoms with Crippen LogP contribution in [0.1, 0.15) is 42.7 Å². The summed E-state index contributed by atoms with van der Waals surface area (Å²) in [6, 6.07) is 1.97. The van der Waals surface area contributed by atoms with Crippen molar-refractivity contribution < 1.29 is 9.53 Å². The second-order valence-electron chi connectivity index (χ2n) is 4.76. The maximum absolute atomic E-state index is 11.7. The average Bonchev–Trinajstić information content (AvgIpc) is 2.79. The number of rotatable bonds is 5. The van der Waals surface area contributed by atoms with E-state index in [0.717, 1.165) is 26.2 Å². The van der Waals surface area contributed by atoms with Crippen LogP contribution in [0.2, 0.25) is 0 Å². The molecule has 0 amide bonds. The van der Waals surface area contributed by atoms with Crippen molar-refractivity contribution in [2.45, 2.75) is 39.8 Å². The van der Waals surface area contributed by atoms with E-state index in [9.17, 15) is 4.79 Å². The molecule has 0 N–H and O–H groups in total. The van der Waals surface area contributed by atoms with Crippen LogP contribution in [0.15, 0.2) is 12.3 Å². The van der Waals surface area contributed by atoms with Gasteiger partial charge in [-0.3, -0.25) is 4.90 Å². The third-order valence-electron chi connectivity index (χ3n) is 3.37. The van der Waals surface area contributed by atoms with Crippen molar-refractivity contribution in [3.05, 3.63) is 23.5 Å². The molecule has 1 aliphatic rings. The van der Waals surface area contributed by atoms with Crippen molar-refractivity contribution in [3.8, 4) is 0 Å². The smallest absolute Gasteiger partial charge is 0.339 e. The third kappa shape index (κ3) is 2.93. The molecule has 0 aromatic carbocycles. The van der Waals surface area contributed by atoms with Gasteiger partial charge in [-0.2, -0.15) is 0 Å². The fraction of sp³-hybridized carbons (Fsp3) is 0.643. The Labute approximate surface area is 109 Å². The minimum atomic E-state index is -0.209. The minimum Gasteiger partial charge on any atom is -0.462 e. The topological polar surface area (TPSA) is 34.5 Å². The molecular formula is C14H22N2O2. The van der Waals surface area contributed by atoms with E-state index in [1.54, 1.807) is 0 Å². The van der Waals surface area contributed by atoms with Gasteiger partial charge in [0.1, 0.15) is 0 Å². The largest absolute Gasteiger partial charge is 0.462 e. The van der Waals surface area contributed by atoms with E-state index >= 15 is 0 Å². The zero-order chi connectivity index (χ0) is 13.0. The number of hydrogen-bond donors (Lipinski definition) is 0. The van der Waals surface area contributed by atoms with Crippen LogP contribution < -0.4 is 0 Å². The molecule has 1 aromatic rings. The van der Waals surface area contributed by atoms with Gasteiger partial charge in [0.15, 0.2) is 0 Å². The number of hydrogen-bond acceptors (Lipinski definition) is 3. The van der Waals surface area contributed by atoms with Crippen molar-refractivity contribution in [1.29, 1.82) is 0 Å². The van der Waals surface area contributed by atoms with Gasteiger partial charge in [0.05, 0.1) is 12.2 Å². The third-order valence-corrected chi connectivity index (χ3v) is 3.37. The summed E-state index contributed by atoms with van der Waals surface area (Å²) in [7, 11) is 0. The van der Waals surface area contributed by atoms with Crippen LogP contribution in [0.3, 0.4) is 0 Å². The van der Waals surface area contributed by atoms with Gasteiger partial charge < -0.3 is 9.30 Å². The summed E-state index contributed by atoms with van der Waals surface area (Å²) in [5, 5.41) is 0. The Morgan fingerprint density at radius 2 is 2.22 bits per heavy atom. The van der Waals surface area contributed by atoms with Gasteiger partial charge in [-0.15, -0.1) is 0 Å². The molecule has 100 valence electrons. The molecule has 0 atom stereocenters. The van der Waals surface area contributed by atoms with Gasteiger partial charge in [-0.1, -0.05) is 13.3 Å². The predicted molar refractivity (Wildman–Crippen MR) is 70.6 cm³/mol. The first-order valence-corrected chi connectivity index (χ1v) is 6.83. The van der Waals surface area contributed by atoms with Gasteiger partial charge in [-0.05, 0) is 26.0 Å². The normalized spacial score (nSPS) is 15.4. The zero-order valence-electron chi connectivity index (χ0n) is 11.3. The van der Waals surface area contributed by atoms with Crippen molar-refractivity contribution in [2.24, 2.45) is 0 Å². The molecule has 0 aliphatic carbocycles. The van der Waals surface area contributed by atoms with E-state index in [4.69, 9.17) is 4.74 Å². The van der Waals surface area contributed by atoms with Crippen LogP contribution in [0.4, 0.5) is 0 Å². The van der Waals surface area contributed by atoms with Crippen molar-refractivity contribution in [1.82, 2.24) is 9.47 Å². The summed E-state index contributed by atoms with van der Waals surface area (Å²) in [4.78, 5) is 14.1. The average molecular weight is 250 g/mol. The molecule has 0 saturated heterocycles. The zero-order valence-corrected chi connectivity index (χ0v) is 11.3. The molecule has 1 aliphatic heterocycles. The van der Waals surface area contributed by atoms with Gasteiger partial charge in [-0.25, -0.2) is 4.79 Å². The number of unbranched alkanes of at least 4 members (excludes halogenated alkanes) is 1. The monoisotopic (exact) mass is 250 g/mol. The molecule has 4 nitrogen and oxygen atoms in total. The molecule has 0 radical (unpaired) electrons. The first kappa shape index (κ1) is 13.1. The number of fused-ring (bicyclic) bond motifs is 1. The Hall–Kier alpha value is -1.29. The summed E-state index contributed by atoms with van der Waals surface area (Å²) < 4.78 is 7.21. The van der Waals surface area contributed by atoms with Crippen LogP contribution >= 0.6 is 0 Å². The van der Waals surface area contributed by atoms with Crippen LogP contribution in [-0.4, -0.2) is 35.1 Å². The lowest BCUT2D eigenvalue weighted by Crippen LogP contribution is -2.33. The van der Waals surface area contributed by atoms with Gasteiger partial charge in [0.25, 0.3) is 0 Å². The first-order chi connectivity index (χ1) is 8.74. The Bertz CT molecular complexity index is 412. The van der Waals surface area contributed by atoms with E-state index in [1.807, 2.05) is 19.2 Å². The second-order valence-corrected chi connectivity index (χ2v) is 4.76. The quantitative estimate of drug-likeness (QED) is 0.752. The summed E-state index contributed by atoms with van der Waals surface area (Å²) in [6.07, 6.45) is 4.39. The highest BCUT2D eigenvalue weighted by Crippen LogP contribution is 2.17. The van der Waals surface area contributed by atoms with Crippen LogP contribution in [0, 0.1) is 0 Å². The molecule has 0 spiro atoms. The molecule has 0 unspecified atom stereocenters. The van der Waals surface area contributed by atoms with E-state index in [0.29, 0.717) is 12.2 Å². The molecule has 2 heterocycles. The fourth-order valence-electron chi connectivity index (χ4n) is 2.35. The highest BCUT2D eigenvalue weighted by Gasteiger charge is 2.19. The SMILES string of the molecule is CCCCN1CCn2cc(C(=O)OCC)cc2C1.